The van der Waals surface area contributed by atoms with Crippen LogP contribution >= 0.6 is 0 Å². The third-order valence-corrected chi connectivity index (χ3v) is 3.19. The van der Waals surface area contributed by atoms with Crippen LogP contribution in [0.4, 0.5) is 4.39 Å². The van der Waals surface area contributed by atoms with E-state index in [2.05, 4.69) is 30.5 Å². The van der Waals surface area contributed by atoms with Crippen LogP contribution in [0.5, 0.6) is 0 Å². The summed E-state index contributed by atoms with van der Waals surface area (Å²) < 4.78 is 15.6. The second-order valence-electron chi connectivity index (χ2n) is 4.64. The van der Waals surface area contributed by atoms with E-state index < -0.39 is 0 Å². The van der Waals surface area contributed by atoms with Gasteiger partial charge in [0, 0.05) is 27.8 Å². The minimum Gasteiger partial charge on any atom is -0.338 e. The Morgan fingerprint density at radius 2 is 1.65 bits per heavy atom. The lowest BCUT2D eigenvalue weighted by Gasteiger charge is -2.11. The monoisotopic (exact) mass is 227 g/mol. The first-order valence-corrected chi connectivity index (χ1v) is 5.86. The predicted molar refractivity (Wildman–Crippen MR) is 69.8 cm³/mol. The summed E-state index contributed by atoms with van der Waals surface area (Å²) in [6, 6.07) is 13.5. The molecule has 1 aromatic heterocycles. The Bertz CT molecular complexity index is 695. The van der Waals surface area contributed by atoms with E-state index in [0.29, 0.717) is 6.04 Å². The molecule has 0 saturated carbocycles. The van der Waals surface area contributed by atoms with E-state index >= 15 is 0 Å². The number of fused-ring (bicyclic) bond motifs is 3. The summed E-state index contributed by atoms with van der Waals surface area (Å²) in [7, 11) is 0. The van der Waals surface area contributed by atoms with Crippen LogP contribution in [0.15, 0.2) is 42.5 Å². The van der Waals surface area contributed by atoms with E-state index in [1.165, 1.54) is 11.6 Å². The maximum absolute atomic E-state index is 13.4. The van der Waals surface area contributed by atoms with Gasteiger partial charge >= 0.3 is 0 Å². The van der Waals surface area contributed by atoms with Crippen molar-refractivity contribution in [3.8, 4) is 0 Å². The summed E-state index contributed by atoms with van der Waals surface area (Å²) in [6.07, 6.45) is 0. The Morgan fingerprint density at radius 3 is 2.41 bits per heavy atom. The van der Waals surface area contributed by atoms with Gasteiger partial charge in [-0.2, -0.15) is 0 Å². The zero-order chi connectivity index (χ0) is 12.0. The maximum atomic E-state index is 13.4. The van der Waals surface area contributed by atoms with Crippen molar-refractivity contribution in [2.45, 2.75) is 19.9 Å². The van der Waals surface area contributed by atoms with Gasteiger partial charge in [-0.05, 0) is 38.1 Å². The summed E-state index contributed by atoms with van der Waals surface area (Å²) >= 11 is 0. The molecule has 0 atom stereocenters. The largest absolute Gasteiger partial charge is 0.338 e. The van der Waals surface area contributed by atoms with E-state index in [1.54, 1.807) is 6.07 Å². The second-order valence-corrected chi connectivity index (χ2v) is 4.64. The molecule has 17 heavy (non-hydrogen) atoms. The number of benzene rings is 2. The van der Waals surface area contributed by atoms with E-state index in [-0.39, 0.29) is 5.82 Å². The average molecular weight is 227 g/mol. The number of halogens is 1. The van der Waals surface area contributed by atoms with Crippen molar-refractivity contribution in [1.82, 2.24) is 4.57 Å². The zero-order valence-electron chi connectivity index (χ0n) is 9.94. The van der Waals surface area contributed by atoms with Crippen molar-refractivity contribution in [2.75, 3.05) is 0 Å². The molecule has 1 heterocycles. The van der Waals surface area contributed by atoms with Gasteiger partial charge in [0.1, 0.15) is 5.82 Å². The molecule has 0 aliphatic carbocycles. The average Bonchev–Trinajstić information content (AvgIpc) is 2.63. The molecule has 3 rings (SSSR count). The molecular weight excluding hydrogens is 213 g/mol. The van der Waals surface area contributed by atoms with Gasteiger partial charge in [-0.15, -0.1) is 0 Å². The zero-order valence-corrected chi connectivity index (χ0v) is 9.94. The van der Waals surface area contributed by atoms with E-state index in [4.69, 9.17) is 0 Å². The van der Waals surface area contributed by atoms with Gasteiger partial charge in [-0.25, -0.2) is 4.39 Å². The Labute approximate surface area is 99.5 Å². The summed E-state index contributed by atoms with van der Waals surface area (Å²) in [6.45, 7) is 4.30. The summed E-state index contributed by atoms with van der Waals surface area (Å²) in [5.41, 5.74) is 2.27. The van der Waals surface area contributed by atoms with Gasteiger partial charge in [0.05, 0.1) is 0 Å². The highest BCUT2D eigenvalue weighted by Gasteiger charge is 2.12. The van der Waals surface area contributed by atoms with Crippen LogP contribution in [0, 0.1) is 5.82 Å². The molecule has 0 unspecified atom stereocenters. The molecule has 0 radical (unpaired) electrons. The highest BCUT2D eigenvalue weighted by atomic mass is 19.1. The third-order valence-electron chi connectivity index (χ3n) is 3.19. The summed E-state index contributed by atoms with van der Waals surface area (Å²) in [4.78, 5) is 0. The lowest BCUT2D eigenvalue weighted by molar-refractivity contribution is 0.626. The minimum atomic E-state index is -0.177. The Kier molecular flexibility index (Phi) is 2.18. The second kappa shape index (κ2) is 3.59. The molecule has 0 spiro atoms. The molecule has 3 aromatic rings. The first-order chi connectivity index (χ1) is 8.18. The molecule has 0 aliphatic rings. The van der Waals surface area contributed by atoms with Gasteiger partial charge in [0.2, 0.25) is 0 Å². The Morgan fingerprint density at radius 1 is 0.941 bits per heavy atom. The van der Waals surface area contributed by atoms with Gasteiger partial charge in [0.25, 0.3) is 0 Å². The SMILES string of the molecule is CC(C)n1c2ccccc2c2cc(F)ccc21. The van der Waals surface area contributed by atoms with Crippen molar-refractivity contribution in [3.63, 3.8) is 0 Å². The van der Waals surface area contributed by atoms with Crippen molar-refractivity contribution in [2.24, 2.45) is 0 Å². The molecule has 0 N–H and O–H groups in total. The fraction of sp³-hybridized carbons (Fsp3) is 0.200. The maximum Gasteiger partial charge on any atom is 0.123 e. The van der Waals surface area contributed by atoms with Gasteiger partial charge in [-0.1, -0.05) is 18.2 Å². The number of hydrogen-bond acceptors (Lipinski definition) is 0. The minimum absolute atomic E-state index is 0.177. The molecular formula is C15H14FN. The van der Waals surface area contributed by atoms with Crippen LogP contribution in [-0.4, -0.2) is 4.57 Å². The number of aromatic nitrogens is 1. The number of rotatable bonds is 1. The van der Waals surface area contributed by atoms with Crippen LogP contribution in [-0.2, 0) is 0 Å². The first kappa shape index (κ1) is 10.3. The van der Waals surface area contributed by atoms with Crippen molar-refractivity contribution in [1.29, 1.82) is 0 Å². The molecule has 0 amide bonds. The smallest absolute Gasteiger partial charge is 0.123 e. The van der Waals surface area contributed by atoms with Crippen LogP contribution in [0.2, 0.25) is 0 Å². The topological polar surface area (TPSA) is 4.93 Å². The highest BCUT2D eigenvalue weighted by molar-refractivity contribution is 6.08. The normalized spacial score (nSPS) is 11.8. The van der Waals surface area contributed by atoms with Crippen LogP contribution in [0.1, 0.15) is 19.9 Å². The fourth-order valence-electron chi connectivity index (χ4n) is 2.53. The van der Waals surface area contributed by atoms with Gasteiger partial charge < -0.3 is 4.57 Å². The lowest BCUT2D eigenvalue weighted by atomic mass is 10.1. The lowest BCUT2D eigenvalue weighted by Crippen LogP contribution is -1.99. The molecule has 2 aromatic carbocycles. The standard InChI is InChI=1S/C15H14FN/c1-10(2)17-14-6-4-3-5-12(14)13-9-11(16)7-8-15(13)17/h3-10H,1-2H3. The van der Waals surface area contributed by atoms with E-state index in [1.807, 2.05) is 18.2 Å². The van der Waals surface area contributed by atoms with Gasteiger partial charge in [0.15, 0.2) is 0 Å². The fourth-order valence-corrected chi connectivity index (χ4v) is 2.53. The van der Waals surface area contributed by atoms with E-state index in [0.717, 1.165) is 16.3 Å². The Hall–Kier alpha value is -1.83. The van der Waals surface area contributed by atoms with E-state index in [9.17, 15) is 4.39 Å². The molecule has 0 aliphatic heterocycles. The Balaban J connectivity index is 2.57. The van der Waals surface area contributed by atoms with Gasteiger partial charge in [-0.3, -0.25) is 0 Å². The molecule has 2 heteroatoms. The number of nitrogens with zero attached hydrogens (tertiary/aromatic N) is 1. The summed E-state index contributed by atoms with van der Waals surface area (Å²) in [5, 5.41) is 2.12. The van der Waals surface area contributed by atoms with Crippen LogP contribution in [0.3, 0.4) is 0 Å². The quantitative estimate of drug-likeness (QED) is 0.576. The molecule has 0 fully saturated rings. The highest BCUT2D eigenvalue weighted by Crippen LogP contribution is 2.31. The molecule has 86 valence electrons. The van der Waals surface area contributed by atoms with Crippen LogP contribution < -0.4 is 0 Å². The first-order valence-electron chi connectivity index (χ1n) is 5.86. The van der Waals surface area contributed by atoms with Crippen molar-refractivity contribution >= 4 is 21.8 Å². The number of para-hydroxylation sites is 1. The third kappa shape index (κ3) is 1.44. The predicted octanol–water partition coefficient (Wildman–Crippen LogP) is 4.51. The van der Waals surface area contributed by atoms with Crippen molar-refractivity contribution in [3.05, 3.63) is 48.3 Å². The molecule has 0 bridgehead atoms. The molecule has 1 nitrogen and oxygen atoms in total. The van der Waals surface area contributed by atoms with Crippen LogP contribution in [0.25, 0.3) is 21.8 Å². The molecule has 0 saturated heterocycles. The van der Waals surface area contributed by atoms with Crippen molar-refractivity contribution < 1.29 is 4.39 Å². The number of hydrogen-bond donors (Lipinski definition) is 0. The summed E-state index contributed by atoms with van der Waals surface area (Å²) in [5.74, 6) is -0.177.